The number of carbonyl (C=O) groups excluding carboxylic acids is 2. The number of aryl methyl sites for hydroxylation is 2. The summed E-state index contributed by atoms with van der Waals surface area (Å²) < 4.78 is 6.62. The lowest BCUT2D eigenvalue weighted by atomic mass is 9.94. The Kier molecular flexibility index (Phi) is 8.55. The van der Waals surface area contributed by atoms with Crippen LogP contribution in [0.25, 0.3) is 0 Å². The van der Waals surface area contributed by atoms with Crippen LogP contribution in [0.2, 0.25) is 5.02 Å². The fraction of sp³-hybridized carbons (Fsp3) is 0.250. The highest BCUT2D eigenvalue weighted by molar-refractivity contribution is 8.00. The van der Waals surface area contributed by atoms with Crippen LogP contribution in [0, 0.1) is 13.8 Å². The number of rotatable bonds is 10. The van der Waals surface area contributed by atoms with Crippen LogP contribution in [0.3, 0.4) is 0 Å². The lowest BCUT2D eigenvalue weighted by Gasteiger charge is -2.25. The molecule has 0 saturated carbocycles. The summed E-state index contributed by atoms with van der Waals surface area (Å²) in [6, 6.07) is 13.8. The first-order valence-corrected chi connectivity index (χ1v) is 15.5. The summed E-state index contributed by atoms with van der Waals surface area (Å²) >= 11 is 10.2. The molecule has 40 heavy (non-hydrogen) atoms. The molecule has 0 bridgehead atoms. The summed E-state index contributed by atoms with van der Waals surface area (Å²) in [5.74, 6) is -0.717. The van der Waals surface area contributed by atoms with E-state index in [1.54, 1.807) is 25.1 Å². The van der Waals surface area contributed by atoms with Gasteiger partial charge in [-0.1, -0.05) is 78.0 Å². The highest BCUT2D eigenvalue weighted by Crippen LogP contribution is 2.46. The van der Waals surface area contributed by atoms with Gasteiger partial charge in [-0.3, -0.25) is 14.5 Å². The van der Waals surface area contributed by atoms with Crippen molar-refractivity contribution in [3.63, 3.8) is 0 Å². The minimum atomic E-state index is -0.968. The first-order valence-electron chi connectivity index (χ1n) is 12.5. The van der Waals surface area contributed by atoms with Gasteiger partial charge in [0.25, 0.3) is 5.91 Å². The minimum absolute atomic E-state index is 0.0373. The molecule has 3 heterocycles. The van der Waals surface area contributed by atoms with Gasteiger partial charge in [0.15, 0.2) is 10.1 Å². The Morgan fingerprint density at radius 1 is 1.12 bits per heavy atom. The lowest BCUT2D eigenvalue weighted by molar-refractivity contribution is -0.117. The maximum atomic E-state index is 13.9. The quantitative estimate of drug-likeness (QED) is 0.115. The number of aliphatic hydroxyl groups excluding tert-OH is 1. The number of nitrogens with zero attached hydrogens (tertiary/aromatic N) is 4. The van der Waals surface area contributed by atoms with Crippen molar-refractivity contribution < 1.29 is 19.4 Å². The Labute approximate surface area is 248 Å². The number of hydrogen-bond acceptors (Lipinski definition) is 10. The van der Waals surface area contributed by atoms with Crippen molar-refractivity contribution in [1.82, 2.24) is 15.2 Å². The number of aromatic nitrogens is 3. The zero-order valence-electron chi connectivity index (χ0n) is 21.9. The molecule has 1 N–H and O–H groups in total. The fourth-order valence-corrected chi connectivity index (χ4v) is 7.38. The Morgan fingerprint density at radius 3 is 2.60 bits per heavy atom. The van der Waals surface area contributed by atoms with Crippen LogP contribution in [0.4, 0.5) is 5.13 Å². The molecular formula is C28H25ClN4O4S3. The van der Waals surface area contributed by atoms with Crippen LogP contribution in [-0.4, -0.2) is 38.6 Å². The summed E-state index contributed by atoms with van der Waals surface area (Å²) in [6.07, 6.45) is 0.774. The van der Waals surface area contributed by atoms with E-state index in [2.05, 4.69) is 15.2 Å². The highest BCUT2D eigenvalue weighted by Gasteiger charge is 2.47. The van der Waals surface area contributed by atoms with Crippen molar-refractivity contribution in [2.45, 2.75) is 43.3 Å². The summed E-state index contributed by atoms with van der Waals surface area (Å²) in [5, 5.41) is 21.4. The van der Waals surface area contributed by atoms with Crippen LogP contribution >= 0.6 is 46.0 Å². The van der Waals surface area contributed by atoms with E-state index in [0.29, 0.717) is 43.6 Å². The topological polar surface area (TPSA) is 106 Å². The molecule has 1 atom stereocenters. The maximum absolute atomic E-state index is 13.9. The van der Waals surface area contributed by atoms with Gasteiger partial charge in [-0.15, -0.1) is 21.5 Å². The van der Waals surface area contributed by atoms with Crippen molar-refractivity contribution in [2.24, 2.45) is 0 Å². The van der Waals surface area contributed by atoms with Crippen LogP contribution in [-0.2, 0) is 10.5 Å². The summed E-state index contributed by atoms with van der Waals surface area (Å²) in [5.41, 5.74) is 2.02. The standard InChI is InChI=1S/C28H25ClN4O4S3/c1-4-13-37-20-12-8-6-10-18(20)22-21(23(34)25-15(2)30-16(3)39-25)24(35)26(36)33(22)27-31-32-28(40-27)38-14-17-9-5-7-11-19(17)29/h5-12,22,35H,4,13-14H2,1-3H3. The number of benzene rings is 2. The number of anilines is 1. The molecule has 206 valence electrons. The van der Waals surface area contributed by atoms with E-state index in [1.165, 1.54) is 39.3 Å². The number of thiazole rings is 1. The van der Waals surface area contributed by atoms with Crippen LogP contribution in [0.5, 0.6) is 5.75 Å². The number of ether oxygens (including phenoxy) is 1. The van der Waals surface area contributed by atoms with Gasteiger partial charge in [-0.2, -0.15) is 0 Å². The van der Waals surface area contributed by atoms with E-state index >= 15 is 0 Å². The number of carbonyl (C=O) groups is 2. The zero-order chi connectivity index (χ0) is 28.4. The van der Waals surface area contributed by atoms with Gasteiger partial charge >= 0.3 is 0 Å². The van der Waals surface area contributed by atoms with E-state index in [9.17, 15) is 14.7 Å². The average molecular weight is 613 g/mol. The third-order valence-corrected chi connectivity index (χ3v) is 9.69. The number of halogens is 1. The Hall–Kier alpha value is -3.25. The molecule has 12 heteroatoms. The van der Waals surface area contributed by atoms with Gasteiger partial charge in [0, 0.05) is 16.3 Å². The number of hydrogen-bond donors (Lipinski definition) is 1. The molecule has 2 aromatic carbocycles. The second-order valence-corrected chi connectivity index (χ2v) is 12.7. The van der Waals surface area contributed by atoms with E-state index in [-0.39, 0.29) is 10.7 Å². The van der Waals surface area contributed by atoms with E-state index in [1.807, 2.05) is 44.2 Å². The van der Waals surface area contributed by atoms with Gasteiger partial charge in [0.1, 0.15) is 11.8 Å². The van der Waals surface area contributed by atoms with Crippen molar-refractivity contribution in [1.29, 1.82) is 0 Å². The summed E-state index contributed by atoms with van der Waals surface area (Å²) in [6.45, 7) is 5.99. The maximum Gasteiger partial charge on any atom is 0.296 e. The fourth-order valence-electron chi connectivity index (χ4n) is 4.36. The van der Waals surface area contributed by atoms with Crippen molar-refractivity contribution in [2.75, 3.05) is 11.5 Å². The second kappa shape index (κ2) is 12.1. The second-order valence-electron chi connectivity index (χ2n) is 8.93. The van der Waals surface area contributed by atoms with Crippen molar-refractivity contribution in [3.05, 3.63) is 91.6 Å². The van der Waals surface area contributed by atoms with Gasteiger partial charge < -0.3 is 9.84 Å². The lowest BCUT2D eigenvalue weighted by Crippen LogP contribution is -2.31. The predicted molar refractivity (Wildman–Crippen MR) is 159 cm³/mol. The first kappa shape index (κ1) is 28.3. The van der Waals surface area contributed by atoms with Crippen molar-refractivity contribution >= 4 is 62.9 Å². The number of amides is 1. The number of ketones is 1. The highest BCUT2D eigenvalue weighted by atomic mass is 35.5. The number of thioether (sulfide) groups is 1. The molecule has 0 fully saturated rings. The van der Waals surface area contributed by atoms with Crippen molar-refractivity contribution in [3.8, 4) is 5.75 Å². The molecule has 0 saturated heterocycles. The molecule has 0 aliphatic carbocycles. The SMILES string of the molecule is CCCOc1ccccc1C1C(C(=O)c2sc(C)nc2C)=C(O)C(=O)N1c1nnc(SCc2ccccc2Cl)s1. The van der Waals surface area contributed by atoms with Crippen LogP contribution < -0.4 is 9.64 Å². The molecule has 1 unspecified atom stereocenters. The zero-order valence-corrected chi connectivity index (χ0v) is 25.1. The van der Waals surface area contributed by atoms with Gasteiger partial charge in [-0.25, -0.2) is 4.98 Å². The minimum Gasteiger partial charge on any atom is -0.503 e. The number of aliphatic hydroxyl groups is 1. The molecule has 2 aromatic heterocycles. The molecule has 4 aromatic rings. The molecule has 1 aliphatic heterocycles. The normalized spacial score (nSPS) is 15.2. The summed E-state index contributed by atoms with van der Waals surface area (Å²) in [7, 11) is 0. The summed E-state index contributed by atoms with van der Waals surface area (Å²) in [4.78, 5) is 33.6. The van der Waals surface area contributed by atoms with E-state index in [4.69, 9.17) is 16.3 Å². The third kappa shape index (κ3) is 5.51. The number of para-hydroxylation sites is 1. The van der Waals surface area contributed by atoms with Crippen LogP contribution in [0.15, 0.2) is 64.2 Å². The average Bonchev–Trinajstić information content (AvgIpc) is 3.62. The van der Waals surface area contributed by atoms with E-state index < -0.39 is 23.5 Å². The Balaban J connectivity index is 1.55. The molecule has 0 spiro atoms. The number of Topliss-reactive ketones (excluding diaryl/α,β-unsaturated/α-hetero) is 1. The van der Waals surface area contributed by atoms with E-state index in [0.717, 1.165) is 17.0 Å². The molecule has 1 amide bonds. The molecule has 8 nitrogen and oxygen atoms in total. The monoisotopic (exact) mass is 612 g/mol. The van der Waals surface area contributed by atoms with Gasteiger partial charge in [0.05, 0.1) is 27.8 Å². The largest absolute Gasteiger partial charge is 0.503 e. The molecular weight excluding hydrogens is 588 g/mol. The van der Waals surface area contributed by atoms with Gasteiger partial charge in [-0.05, 0) is 38.0 Å². The predicted octanol–water partition coefficient (Wildman–Crippen LogP) is 7.13. The third-order valence-electron chi connectivity index (χ3n) is 6.15. The van der Waals surface area contributed by atoms with Gasteiger partial charge in [0.2, 0.25) is 10.9 Å². The van der Waals surface area contributed by atoms with Crippen LogP contribution in [0.1, 0.15) is 50.9 Å². The smallest absolute Gasteiger partial charge is 0.296 e. The Morgan fingerprint density at radius 2 is 1.88 bits per heavy atom. The Bertz CT molecular complexity index is 1620. The molecule has 0 radical (unpaired) electrons. The first-order chi connectivity index (χ1) is 19.3. The molecule has 1 aliphatic rings. The molecule has 5 rings (SSSR count).